The molecule has 0 saturated carbocycles. The Kier molecular flexibility index (Phi) is 28.3. The fourth-order valence-electron chi connectivity index (χ4n) is 5.28. The normalized spacial score (nSPS) is 13.8. The quantitative estimate of drug-likeness (QED) is 0.0414. The average molecular weight is 559 g/mol. The molecule has 0 aromatic heterocycles. The molecule has 0 spiro atoms. The first-order valence-corrected chi connectivity index (χ1v) is 16.6. The first-order chi connectivity index (χ1) is 19.5. The lowest BCUT2D eigenvalue weighted by Crippen LogP contribution is -2.24. The minimum absolute atomic E-state index is 0.231. The Bertz CT molecular complexity index is 704. The predicted molar refractivity (Wildman–Crippen MR) is 172 cm³/mol. The molecule has 2 unspecified atom stereocenters. The molecule has 4 nitrogen and oxygen atoms in total. The zero-order valence-corrected chi connectivity index (χ0v) is 26.0. The second kappa shape index (κ2) is 29.9. The minimum Gasteiger partial charge on any atom is -0.481 e. The number of hydrogen-bond acceptors (Lipinski definition) is 2. The summed E-state index contributed by atoms with van der Waals surface area (Å²) >= 11 is 0. The van der Waals surface area contributed by atoms with E-state index >= 15 is 0 Å². The van der Waals surface area contributed by atoms with Crippen LogP contribution in [0.4, 0.5) is 0 Å². The molecule has 0 aliphatic rings. The maximum Gasteiger partial charge on any atom is 0.328 e. The summed E-state index contributed by atoms with van der Waals surface area (Å²) in [6.07, 6.45) is 40.5. The van der Waals surface area contributed by atoms with Crippen LogP contribution in [-0.2, 0) is 9.59 Å². The average Bonchev–Trinajstić information content (AvgIpc) is 2.93. The topological polar surface area (TPSA) is 74.6 Å². The first kappa shape index (κ1) is 37.9. The van der Waals surface area contributed by atoms with Crippen LogP contribution in [0.1, 0.15) is 155 Å². The van der Waals surface area contributed by atoms with Gasteiger partial charge in [-0.05, 0) is 70.1 Å². The van der Waals surface area contributed by atoms with Gasteiger partial charge in [0.1, 0.15) is 0 Å². The highest BCUT2D eigenvalue weighted by Crippen LogP contribution is 2.30. The summed E-state index contributed by atoms with van der Waals surface area (Å²) in [5.74, 6) is -1.59. The van der Waals surface area contributed by atoms with E-state index in [1.807, 2.05) is 6.08 Å². The molecule has 0 aromatic carbocycles. The predicted octanol–water partition coefficient (Wildman–Crippen LogP) is 11.2. The molecule has 0 amide bonds. The van der Waals surface area contributed by atoms with E-state index in [2.05, 4.69) is 38.2 Å². The van der Waals surface area contributed by atoms with Gasteiger partial charge in [0.25, 0.3) is 0 Å². The van der Waals surface area contributed by atoms with Crippen LogP contribution in [0.3, 0.4) is 0 Å². The third kappa shape index (κ3) is 26.1. The SMILES string of the molecule is CCCCCC=CCC=CCCCCCCC(C(=O)O)C(CCCC=CC=CC(=O)O)CCCCCCCCC. The molecule has 0 radical (unpaired) electrons. The molecule has 0 heterocycles. The molecule has 0 rings (SSSR count). The van der Waals surface area contributed by atoms with Crippen LogP contribution in [0.15, 0.2) is 48.6 Å². The van der Waals surface area contributed by atoms with Crippen LogP contribution < -0.4 is 0 Å². The largest absolute Gasteiger partial charge is 0.481 e. The van der Waals surface area contributed by atoms with Crippen molar-refractivity contribution in [1.29, 1.82) is 0 Å². The van der Waals surface area contributed by atoms with E-state index < -0.39 is 11.9 Å². The van der Waals surface area contributed by atoms with E-state index in [0.29, 0.717) is 0 Å². The Labute approximate surface area is 247 Å². The number of rotatable bonds is 29. The lowest BCUT2D eigenvalue weighted by molar-refractivity contribution is -0.144. The molecule has 2 atom stereocenters. The van der Waals surface area contributed by atoms with Gasteiger partial charge in [-0.1, -0.05) is 133 Å². The maximum absolute atomic E-state index is 12.3. The number of hydrogen-bond donors (Lipinski definition) is 2. The van der Waals surface area contributed by atoms with Crippen LogP contribution in [-0.4, -0.2) is 22.2 Å². The maximum atomic E-state index is 12.3. The Hall–Kier alpha value is -2.10. The first-order valence-electron chi connectivity index (χ1n) is 16.6. The van der Waals surface area contributed by atoms with E-state index in [-0.39, 0.29) is 11.8 Å². The van der Waals surface area contributed by atoms with Gasteiger partial charge in [-0.25, -0.2) is 4.79 Å². The number of carboxylic acids is 2. The fraction of sp³-hybridized carbons (Fsp3) is 0.722. The van der Waals surface area contributed by atoms with Crippen molar-refractivity contribution in [3.05, 3.63) is 48.6 Å². The summed E-state index contributed by atoms with van der Waals surface area (Å²) in [5.41, 5.74) is 0. The number of aliphatic carboxylic acids is 2. The van der Waals surface area contributed by atoms with Crippen LogP contribution in [0.2, 0.25) is 0 Å². The molecular weight excluding hydrogens is 496 g/mol. The van der Waals surface area contributed by atoms with E-state index in [0.717, 1.165) is 70.3 Å². The zero-order chi connectivity index (χ0) is 29.5. The van der Waals surface area contributed by atoms with Gasteiger partial charge in [-0.2, -0.15) is 0 Å². The summed E-state index contributed by atoms with van der Waals surface area (Å²) in [5, 5.41) is 18.8. The molecule has 230 valence electrons. The molecule has 0 aliphatic heterocycles. The van der Waals surface area contributed by atoms with Gasteiger partial charge in [-0.15, -0.1) is 0 Å². The van der Waals surface area contributed by atoms with E-state index in [1.165, 1.54) is 77.0 Å². The summed E-state index contributed by atoms with van der Waals surface area (Å²) < 4.78 is 0. The van der Waals surface area contributed by atoms with Crippen molar-refractivity contribution in [2.75, 3.05) is 0 Å². The van der Waals surface area contributed by atoms with Gasteiger partial charge >= 0.3 is 11.9 Å². The summed E-state index contributed by atoms with van der Waals surface area (Å²) in [6, 6.07) is 0. The van der Waals surface area contributed by atoms with Gasteiger partial charge in [-0.3, -0.25) is 4.79 Å². The van der Waals surface area contributed by atoms with Gasteiger partial charge < -0.3 is 10.2 Å². The molecule has 2 N–H and O–H groups in total. The van der Waals surface area contributed by atoms with E-state index in [4.69, 9.17) is 5.11 Å². The van der Waals surface area contributed by atoms with Crippen LogP contribution >= 0.6 is 0 Å². The van der Waals surface area contributed by atoms with Crippen molar-refractivity contribution in [3.63, 3.8) is 0 Å². The number of allylic oxidation sites excluding steroid dienone is 7. The monoisotopic (exact) mass is 558 g/mol. The van der Waals surface area contributed by atoms with Crippen LogP contribution in [0, 0.1) is 11.8 Å². The molecule has 0 bridgehead atoms. The molecule has 0 aliphatic carbocycles. The molecule has 4 heteroatoms. The molecule has 0 saturated heterocycles. The fourth-order valence-corrected chi connectivity index (χ4v) is 5.28. The number of unbranched alkanes of at least 4 members (excludes halogenated alkanes) is 14. The minimum atomic E-state index is -0.943. The molecule has 0 aromatic rings. The van der Waals surface area contributed by atoms with Gasteiger partial charge in [0, 0.05) is 6.08 Å². The van der Waals surface area contributed by atoms with Crippen molar-refractivity contribution in [3.8, 4) is 0 Å². The van der Waals surface area contributed by atoms with Crippen molar-refractivity contribution in [2.45, 2.75) is 155 Å². The van der Waals surface area contributed by atoms with E-state index in [1.54, 1.807) is 12.2 Å². The highest BCUT2D eigenvalue weighted by atomic mass is 16.4. The Morgan fingerprint density at radius 2 is 1.05 bits per heavy atom. The van der Waals surface area contributed by atoms with E-state index in [9.17, 15) is 14.7 Å². The van der Waals surface area contributed by atoms with Gasteiger partial charge in [0.2, 0.25) is 0 Å². The van der Waals surface area contributed by atoms with Crippen molar-refractivity contribution >= 4 is 11.9 Å². The lowest BCUT2D eigenvalue weighted by Gasteiger charge is -2.24. The van der Waals surface area contributed by atoms with Crippen molar-refractivity contribution in [1.82, 2.24) is 0 Å². The summed E-state index contributed by atoms with van der Waals surface area (Å²) in [4.78, 5) is 22.8. The number of carboxylic acid groups (broad SMARTS) is 2. The van der Waals surface area contributed by atoms with Gasteiger partial charge in [0.05, 0.1) is 5.92 Å². The second-order valence-corrected chi connectivity index (χ2v) is 11.3. The second-order valence-electron chi connectivity index (χ2n) is 11.3. The van der Waals surface area contributed by atoms with Crippen molar-refractivity contribution in [2.24, 2.45) is 11.8 Å². The summed E-state index contributed by atoms with van der Waals surface area (Å²) in [7, 11) is 0. The van der Waals surface area contributed by atoms with Gasteiger partial charge in [0.15, 0.2) is 0 Å². The van der Waals surface area contributed by atoms with Crippen molar-refractivity contribution < 1.29 is 19.8 Å². The highest BCUT2D eigenvalue weighted by Gasteiger charge is 2.26. The molecule has 40 heavy (non-hydrogen) atoms. The van der Waals surface area contributed by atoms with Crippen LogP contribution in [0.5, 0.6) is 0 Å². The third-order valence-electron chi connectivity index (χ3n) is 7.71. The standard InChI is InChI=1S/C36H62O4/c1-3-5-7-9-11-12-13-14-15-16-17-19-23-27-31-34(36(39)40)33(29-25-21-18-10-8-6-4-2)30-26-22-20-24-28-32-35(37)38/h11-12,14-15,20,24,28,32-34H,3-10,13,16-19,21-23,25-27,29-31H2,1-2H3,(H,37,38)(H,39,40). The molecular formula is C36H62O4. The summed E-state index contributed by atoms with van der Waals surface area (Å²) in [6.45, 7) is 4.47. The Morgan fingerprint density at radius 1 is 0.550 bits per heavy atom. The lowest BCUT2D eigenvalue weighted by atomic mass is 9.80. The molecule has 0 fully saturated rings. The highest BCUT2D eigenvalue weighted by molar-refractivity contribution is 5.80. The Morgan fingerprint density at radius 3 is 1.68 bits per heavy atom. The third-order valence-corrected chi connectivity index (χ3v) is 7.71. The van der Waals surface area contributed by atoms with Crippen LogP contribution in [0.25, 0.3) is 0 Å². The smallest absolute Gasteiger partial charge is 0.328 e. The number of carbonyl (C=O) groups is 2. The Balaban J connectivity index is 4.46. The zero-order valence-electron chi connectivity index (χ0n) is 26.0.